The molecule has 4 rings (SSSR count). The summed E-state index contributed by atoms with van der Waals surface area (Å²) in [6.07, 6.45) is 1.57. The highest BCUT2D eigenvalue weighted by Crippen LogP contribution is 2.35. The number of thioether (sulfide) groups is 1. The predicted octanol–water partition coefficient (Wildman–Crippen LogP) is 5.56. The number of non-ortho nitro benzene ring substituents is 1. The van der Waals surface area contributed by atoms with Gasteiger partial charge in [0.05, 0.1) is 23.5 Å². The van der Waals surface area contributed by atoms with Crippen molar-refractivity contribution in [2.75, 3.05) is 7.11 Å². The van der Waals surface area contributed by atoms with Crippen LogP contribution in [0.25, 0.3) is 6.08 Å². The van der Waals surface area contributed by atoms with E-state index in [1.54, 1.807) is 42.5 Å². The van der Waals surface area contributed by atoms with Crippen LogP contribution in [0.2, 0.25) is 0 Å². The van der Waals surface area contributed by atoms with Gasteiger partial charge >= 0.3 is 0 Å². The highest BCUT2D eigenvalue weighted by molar-refractivity contribution is 8.18. The number of nitrogens with zero attached hydrogens (tertiary/aromatic N) is 2. The minimum Gasteiger partial charge on any atom is -0.493 e. The second kappa shape index (κ2) is 10.4. The van der Waals surface area contributed by atoms with E-state index in [2.05, 4.69) is 0 Å². The van der Waals surface area contributed by atoms with E-state index >= 15 is 0 Å². The summed E-state index contributed by atoms with van der Waals surface area (Å²) in [4.78, 5) is 36.9. The number of halogens is 1. The van der Waals surface area contributed by atoms with Gasteiger partial charge in [-0.25, -0.2) is 4.39 Å². The fourth-order valence-electron chi connectivity index (χ4n) is 3.36. The summed E-state index contributed by atoms with van der Waals surface area (Å²) < 4.78 is 24.9. The third-order valence-corrected chi connectivity index (χ3v) is 6.10. The summed E-state index contributed by atoms with van der Waals surface area (Å²) in [7, 11) is 1.47. The molecule has 0 aliphatic carbocycles. The number of rotatable bonds is 8. The summed E-state index contributed by atoms with van der Waals surface area (Å²) in [5, 5.41) is 10.4. The SMILES string of the molecule is COc1cc(/C=C2/SC(=O)N(Cc3ccc([N+](=O)[O-])cc3)C2=O)ccc1OCc1ccccc1F. The lowest BCUT2D eigenvalue weighted by Gasteiger charge is -2.12. The number of benzene rings is 3. The lowest BCUT2D eigenvalue weighted by molar-refractivity contribution is -0.384. The smallest absolute Gasteiger partial charge is 0.293 e. The number of methoxy groups -OCH3 is 1. The van der Waals surface area contributed by atoms with Crippen molar-refractivity contribution in [3.63, 3.8) is 0 Å². The zero-order chi connectivity index (χ0) is 24.9. The van der Waals surface area contributed by atoms with Crippen LogP contribution in [0.15, 0.2) is 71.6 Å². The monoisotopic (exact) mass is 494 g/mol. The van der Waals surface area contributed by atoms with Crippen LogP contribution in [0.4, 0.5) is 14.9 Å². The molecule has 178 valence electrons. The van der Waals surface area contributed by atoms with Gasteiger partial charge in [-0.1, -0.05) is 36.4 Å². The number of hydrogen-bond acceptors (Lipinski definition) is 7. The van der Waals surface area contributed by atoms with Gasteiger partial charge in [-0.2, -0.15) is 0 Å². The average Bonchev–Trinajstić information content (AvgIpc) is 3.11. The third kappa shape index (κ3) is 5.49. The molecule has 3 aromatic rings. The predicted molar refractivity (Wildman–Crippen MR) is 128 cm³/mol. The van der Waals surface area contributed by atoms with Crippen LogP contribution in [0.3, 0.4) is 0 Å². The van der Waals surface area contributed by atoms with Crippen molar-refractivity contribution in [2.24, 2.45) is 0 Å². The summed E-state index contributed by atoms with van der Waals surface area (Å²) in [5.74, 6) is -0.0379. The van der Waals surface area contributed by atoms with E-state index in [1.165, 1.54) is 37.4 Å². The lowest BCUT2D eigenvalue weighted by Crippen LogP contribution is -2.27. The Morgan fingerprint density at radius 2 is 1.80 bits per heavy atom. The van der Waals surface area contributed by atoms with Crippen LogP contribution in [-0.4, -0.2) is 28.1 Å². The molecular weight excluding hydrogens is 475 g/mol. The fourth-order valence-corrected chi connectivity index (χ4v) is 4.20. The highest BCUT2D eigenvalue weighted by Gasteiger charge is 2.35. The van der Waals surface area contributed by atoms with E-state index in [0.717, 1.165) is 16.7 Å². The van der Waals surface area contributed by atoms with E-state index < -0.39 is 16.1 Å². The maximum Gasteiger partial charge on any atom is 0.293 e. The molecule has 1 heterocycles. The van der Waals surface area contributed by atoms with E-state index in [1.807, 2.05) is 0 Å². The van der Waals surface area contributed by atoms with Gasteiger partial charge in [0.15, 0.2) is 11.5 Å². The van der Waals surface area contributed by atoms with Gasteiger partial charge in [-0.3, -0.25) is 24.6 Å². The number of nitro benzene ring substituents is 1. The molecule has 1 saturated heterocycles. The first kappa shape index (κ1) is 24.0. The fraction of sp³-hybridized carbons (Fsp3) is 0.120. The molecule has 0 radical (unpaired) electrons. The molecule has 2 amide bonds. The molecule has 0 saturated carbocycles. The number of carbonyl (C=O) groups excluding carboxylic acids is 2. The molecule has 0 atom stereocenters. The van der Waals surface area contributed by atoms with E-state index in [0.29, 0.717) is 28.2 Å². The van der Waals surface area contributed by atoms with Crippen molar-refractivity contribution in [3.05, 3.63) is 104 Å². The minimum atomic E-state index is -0.517. The van der Waals surface area contributed by atoms with Gasteiger partial charge < -0.3 is 9.47 Å². The van der Waals surface area contributed by atoms with Gasteiger partial charge in [0, 0.05) is 17.7 Å². The van der Waals surface area contributed by atoms with Crippen LogP contribution < -0.4 is 9.47 Å². The third-order valence-electron chi connectivity index (χ3n) is 5.19. The van der Waals surface area contributed by atoms with Crippen LogP contribution in [0, 0.1) is 15.9 Å². The Kier molecular flexibility index (Phi) is 7.11. The second-order valence-electron chi connectivity index (χ2n) is 7.48. The zero-order valence-electron chi connectivity index (χ0n) is 18.5. The van der Waals surface area contributed by atoms with Gasteiger partial charge in [0.25, 0.3) is 16.8 Å². The van der Waals surface area contributed by atoms with Crippen molar-refractivity contribution < 1.29 is 28.4 Å². The van der Waals surface area contributed by atoms with Gasteiger partial charge in [0.2, 0.25) is 0 Å². The minimum absolute atomic E-state index is 0.00610. The Bertz CT molecular complexity index is 1330. The van der Waals surface area contributed by atoms with Crippen molar-refractivity contribution in [1.29, 1.82) is 0 Å². The van der Waals surface area contributed by atoms with Crippen LogP contribution in [-0.2, 0) is 17.9 Å². The Morgan fingerprint density at radius 1 is 1.06 bits per heavy atom. The standard InChI is InChI=1S/C25H19FN2O6S/c1-33-22-12-17(8-11-21(22)34-15-18-4-2-3-5-20(18)26)13-23-24(29)27(25(30)35-23)14-16-6-9-19(10-7-16)28(31)32/h2-13H,14-15H2,1H3/b23-13+. The van der Waals surface area contributed by atoms with E-state index in [4.69, 9.17) is 9.47 Å². The first-order chi connectivity index (χ1) is 16.9. The number of ether oxygens (including phenoxy) is 2. The number of amides is 2. The Balaban J connectivity index is 1.47. The van der Waals surface area contributed by atoms with E-state index in [9.17, 15) is 24.1 Å². The lowest BCUT2D eigenvalue weighted by atomic mass is 10.1. The Morgan fingerprint density at radius 3 is 2.49 bits per heavy atom. The molecule has 8 nitrogen and oxygen atoms in total. The molecular formula is C25H19FN2O6S. The Hall–Kier alpha value is -4.18. The quantitative estimate of drug-likeness (QED) is 0.230. The van der Waals surface area contributed by atoms with Crippen molar-refractivity contribution in [2.45, 2.75) is 13.2 Å². The zero-order valence-corrected chi connectivity index (χ0v) is 19.3. The normalized spacial score (nSPS) is 14.5. The summed E-state index contributed by atoms with van der Waals surface area (Å²) in [5.41, 5.74) is 1.54. The summed E-state index contributed by atoms with van der Waals surface area (Å²) >= 11 is 0.807. The molecule has 1 fully saturated rings. The average molecular weight is 495 g/mol. The first-order valence-corrected chi connectivity index (χ1v) is 11.2. The highest BCUT2D eigenvalue weighted by atomic mass is 32.2. The van der Waals surface area contributed by atoms with Crippen molar-refractivity contribution in [3.8, 4) is 11.5 Å². The van der Waals surface area contributed by atoms with Gasteiger partial charge in [0.1, 0.15) is 12.4 Å². The Labute approximate surface area is 204 Å². The van der Waals surface area contributed by atoms with Crippen LogP contribution in [0.5, 0.6) is 11.5 Å². The molecule has 35 heavy (non-hydrogen) atoms. The number of imide groups is 1. The summed E-state index contributed by atoms with van der Waals surface area (Å²) in [6, 6.07) is 17.0. The molecule has 0 aromatic heterocycles. The second-order valence-corrected chi connectivity index (χ2v) is 8.47. The number of hydrogen-bond donors (Lipinski definition) is 0. The molecule has 0 bridgehead atoms. The maximum atomic E-state index is 13.8. The molecule has 0 N–H and O–H groups in total. The van der Waals surface area contributed by atoms with Crippen LogP contribution >= 0.6 is 11.8 Å². The number of nitro groups is 1. The van der Waals surface area contributed by atoms with E-state index in [-0.39, 0.29) is 29.6 Å². The van der Waals surface area contributed by atoms with Gasteiger partial charge in [-0.15, -0.1) is 0 Å². The van der Waals surface area contributed by atoms with Crippen molar-refractivity contribution in [1.82, 2.24) is 4.90 Å². The molecule has 3 aromatic carbocycles. The molecule has 0 unspecified atom stereocenters. The molecule has 0 spiro atoms. The molecule has 1 aliphatic rings. The van der Waals surface area contributed by atoms with Gasteiger partial charge in [-0.05, 0) is 47.2 Å². The maximum absolute atomic E-state index is 13.8. The van der Waals surface area contributed by atoms with Crippen LogP contribution in [0.1, 0.15) is 16.7 Å². The topological polar surface area (TPSA) is 99.0 Å². The largest absolute Gasteiger partial charge is 0.493 e. The molecule has 10 heteroatoms. The summed E-state index contributed by atoms with van der Waals surface area (Å²) in [6.45, 7) is 0.0239. The molecule has 1 aliphatic heterocycles. The number of carbonyl (C=O) groups is 2. The van der Waals surface area contributed by atoms with Crippen molar-refractivity contribution >= 4 is 34.7 Å². The first-order valence-electron chi connectivity index (χ1n) is 10.4.